The average Bonchev–Trinajstić information content (AvgIpc) is 3.07. The van der Waals surface area contributed by atoms with Crippen molar-refractivity contribution in [2.24, 2.45) is 0 Å². The first kappa shape index (κ1) is 14.1. The highest BCUT2D eigenvalue weighted by Crippen LogP contribution is 2.35. The van der Waals surface area contributed by atoms with Crippen LogP contribution in [0.2, 0.25) is 0 Å². The molecule has 6 heteroatoms. The van der Waals surface area contributed by atoms with Gasteiger partial charge in [0.15, 0.2) is 5.76 Å². The molecule has 3 rings (SSSR count). The summed E-state index contributed by atoms with van der Waals surface area (Å²) in [6, 6.07) is 6.22. The molecule has 0 saturated carbocycles. The number of nitrogens with zero attached hydrogens (tertiary/aromatic N) is 2. The van der Waals surface area contributed by atoms with E-state index in [0.29, 0.717) is 12.3 Å². The maximum atomic E-state index is 12.2. The number of carbonyl (C=O) groups excluding carboxylic acids is 1. The van der Waals surface area contributed by atoms with E-state index in [1.165, 1.54) is 4.88 Å². The summed E-state index contributed by atoms with van der Waals surface area (Å²) < 4.78 is 5.22. The highest BCUT2D eigenvalue weighted by atomic mass is 32.1. The molecule has 3 heterocycles. The second-order valence-electron chi connectivity index (χ2n) is 5.21. The molecule has 1 N–H and O–H groups in total. The normalized spacial score (nSPS) is 17.6. The molecule has 1 aliphatic heterocycles. The largest absolute Gasteiger partial charge is 0.359 e. The number of carbonyl (C=O) groups is 1. The smallest absolute Gasteiger partial charge is 0.318 e. The molecule has 0 spiro atoms. The molecule has 1 aliphatic rings. The lowest BCUT2D eigenvalue weighted by molar-refractivity contribution is 0.116. The van der Waals surface area contributed by atoms with Gasteiger partial charge in [0.1, 0.15) is 0 Å². The van der Waals surface area contributed by atoms with Crippen molar-refractivity contribution in [1.82, 2.24) is 15.4 Å². The van der Waals surface area contributed by atoms with E-state index in [1.807, 2.05) is 22.4 Å². The van der Waals surface area contributed by atoms with E-state index in [9.17, 15) is 4.79 Å². The molecule has 1 atom stereocenters. The van der Waals surface area contributed by atoms with Gasteiger partial charge in [-0.1, -0.05) is 24.6 Å². The maximum absolute atomic E-state index is 12.2. The van der Waals surface area contributed by atoms with Crippen molar-refractivity contribution in [2.75, 3.05) is 6.54 Å². The Morgan fingerprint density at radius 2 is 2.52 bits per heavy atom. The summed E-state index contributed by atoms with van der Waals surface area (Å²) in [7, 11) is 0. The van der Waals surface area contributed by atoms with Gasteiger partial charge in [-0.2, -0.15) is 0 Å². The van der Waals surface area contributed by atoms with Gasteiger partial charge in [-0.05, 0) is 24.3 Å². The van der Waals surface area contributed by atoms with Crippen LogP contribution in [0.3, 0.4) is 0 Å². The van der Waals surface area contributed by atoms with Gasteiger partial charge in [-0.15, -0.1) is 11.3 Å². The summed E-state index contributed by atoms with van der Waals surface area (Å²) in [6.07, 6.45) is 2.98. The Labute approximate surface area is 127 Å². The lowest BCUT2D eigenvalue weighted by atomic mass is 10.0. The second-order valence-corrected chi connectivity index (χ2v) is 6.19. The van der Waals surface area contributed by atoms with E-state index in [-0.39, 0.29) is 12.1 Å². The van der Waals surface area contributed by atoms with Crippen molar-refractivity contribution >= 4 is 17.4 Å². The fourth-order valence-electron chi connectivity index (χ4n) is 2.48. The molecule has 2 aromatic rings. The van der Waals surface area contributed by atoms with E-state index in [4.69, 9.17) is 4.52 Å². The molecule has 0 bridgehead atoms. The van der Waals surface area contributed by atoms with E-state index < -0.39 is 0 Å². The third-order valence-electron chi connectivity index (χ3n) is 3.68. The molecule has 2 amide bonds. The van der Waals surface area contributed by atoms with Crippen LogP contribution in [0.5, 0.6) is 0 Å². The van der Waals surface area contributed by atoms with Gasteiger partial charge in [-0.25, -0.2) is 4.79 Å². The number of aromatic nitrogens is 1. The number of nitrogens with one attached hydrogen (secondary N) is 1. The first-order valence-corrected chi connectivity index (χ1v) is 8.18. The zero-order chi connectivity index (χ0) is 14.7. The summed E-state index contributed by atoms with van der Waals surface area (Å²) in [5.74, 6) is 0.708. The molecule has 0 unspecified atom stereocenters. The molecular formula is C15H19N3O2S. The zero-order valence-electron chi connectivity index (χ0n) is 12.0. The monoisotopic (exact) mass is 305 g/mol. The molecule has 112 valence electrons. The van der Waals surface area contributed by atoms with Gasteiger partial charge in [0, 0.05) is 17.5 Å². The number of thiophene rings is 1. The van der Waals surface area contributed by atoms with Gasteiger partial charge in [0.05, 0.1) is 18.3 Å². The van der Waals surface area contributed by atoms with E-state index in [2.05, 4.69) is 23.5 Å². The van der Waals surface area contributed by atoms with Gasteiger partial charge in [-0.3, -0.25) is 0 Å². The third kappa shape index (κ3) is 3.10. The summed E-state index contributed by atoms with van der Waals surface area (Å²) in [6.45, 7) is 3.31. The van der Waals surface area contributed by atoms with Gasteiger partial charge in [0.25, 0.3) is 0 Å². The molecule has 21 heavy (non-hydrogen) atoms. The fraction of sp³-hybridized carbons (Fsp3) is 0.467. The van der Waals surface area contributed by atoms with Crippen molar-refractivity contribution in [2.45, 2.75) is 38.8 Å². The van der Waals surface area contributed by atoms with Crippen LogP contribution in [0.1, 0.15) is 42.1 Å². The van der Waals surface area contributed by atoms with E-state index >= 15 is 0 Å². The molecule has 0 aliphatic carbocycles. The Morgan fingerprint density at radius 1 is 1.62 bits per heavy atom. The Bertz CT molecular complexity index is 594. The van der Waals surface area contributed by atoms with Crippen LogP contribution in [0.25, 0.3) is 0 Å². The fourth-order valence-corrected chi connectivity index (χ4v) is 3.36. The zero-order valence-corrected chi connectivity index (χ0v) is 12.9. The van der Waals surface area contributed by atoms with Crippen LogP contribution in [0, 0.1) is 0 Å². The second kappa shape index (κ2) is 6.30. The summed E-state index contributed by atoms with van der Waals surface area (Å²) in [4.78, 5) is 15.3. The molecule has 1 saturated heterocycles. The molecule has 1 fully saturated rings. The quantitative estimate of drug-likeness (QED) is 0.921. The van der Waals surface area contributed by atoms with Crippen LogP contribution in [0.4, 0.5) is 4.79 Å². The lowest BCUT2D eigenvalue weighted by Crippen LogP contribution is -2.49. The summed E-state index contributed by atoms with van der Waals surface area (Å²) in [5, 5.41) is 8.94. The lowest BCUT2D eigenvalue weighted by Gasteiger charge is -2.40. The van der Waals surface area contributed by atoms with Crippen LogP contribution >= 0.6 is 11.3 Å². The van der Waals surface area contributed by atoms with Crippen LogP contribution < -0.4 is 5.32 Å². The highest BCUT2D eigenvalue weighted by molar-refractivity contribution is 7.10. The first-order chi connectivity index (χ1) is 10.3. The number of aryl methyl sites for hydroxylation is 1. The minimum atomic E-state index is -0.0342. The minimum Gasteiger partial charge on any atom is -0.359 e. The van der Waals surface area contributed by atoms with Crippen molar-refractivity contribution < 1.29 is 9.32 Å². The predicted octanol–water partition coefficient (Wildman–Crippen LogP) is 3.35. The van der Waals surface area contributed by atoms with Crippen molar-refractivity contribution in [1.29, 1.82) is 0 Å². The first-order valence-electron chi connectivity index (χ1n) is 7.30. The minimum absolute atomic E-state index is 0.0342. The van der Waals surface area contributed by atoms with Crippen LogP contribution in [-0.4, -0.2) is 22.6 Å². The third-order valence-corrected chi connectivity index (χ3v) is 4.65. The van der Waals surface area contributed by atoms with Gasteiger partial charge < -0.3 is 14.7 Å². The van der Waals surface area contributed by atoms with Crippen LogP contribution in [-0.2, 0) is 13.0 Å². The number of hydrogen-bond acceptors (Lipinski definition) is 4. The van der Waals surface area contributed by atoms with Gasteiger partial charge >= 0.3 is 6.03 Å². The maximum Gasteiger partial charge on any atom is 0.318 e. The Morgan fingerprint density at radius 3 is 3.19 bits per heavy atom. The molecule has 5 nitrogen and oxygen atoms in total. The number of rotatable bonds is 5. The Balaban J connectivity index is 1.52. The van der Waals surface area contributed by atoms with Crippen molar-refractivity contribution in [3.05, 3.63) is 39.9 Å². The van der Waals surface area contributed by atoms with E-state index in [0.717, 1.165) is 31.5 Å². The Hall–Kier alpha value is -1.82. The average molecular weight is 305 g/mol. The number of likely N-dealkylation sites (tertiary alicyclic amines) is 1. The van der Waals surface area contributed by atoms with Crippen LogP contribution in [0.15, 0.2) is 28.1 Å². The molecular weight excluding hydrogens is 286 g/mol. The van der Waals surface area contributed by atoms with Gasteiger partial charge in [0.2, 0.25) is 0 Å². The van der Waals surface area contributed by atoms with E-state index in [1.54, 1.807) is 11.3 Å². The summed E-state index contributed by atoms with van der Waals surface area (Å²) in [5.41, 5.74) is 0.946. The van der Waals surface area contributed by atoms with Crippen molar-refractivity contribution in [3.8, 4) is 0 Å². The SMILES string of the molecule is CCCc1cc(CNC(=O)N2CC[C@H]2c2cccs2)on1. The molecule has 0 aromatic carbocycles. The predicted molar refractivity (Wildman–Crippen MR) is 81.1 cm³/mol. The Kier molecular flexibility index (Phi) is 4.24. The molecule has 0 radical (unpaired) electrons. The number of hydrogen-bond donors (Lipinski definition) is 1. The standard InChI is InChI=1S/C15H19N3O2S/c1-2-4-11-9-12(20-17-11)10-16-15(19)18-7-6-13(18)14-5-3-8-21-14/h3,5,8-9,13H,2,4,6-7,10H2,1H3,(H,16,19)/t13-/m0/s1. The highest BCUT2D eigenvalue weighted by Gasteiger charge is 2.33. The number of amides is 2. The number of urea groups is 1. The summed E-state index contributed by atoms with van der Waals surface area (Å²) >= 11 is 1.70. The topological polar surface area (TPSA) is 58.4 Å². The van der Waals surface area contributed by atoms with Crippen molar-refractivity contribution in [3.63, 3.8) is 0 Å². The molecule has 2 aromatic heterocycles.